The van der Waals surface area contributed by atoms with Gasteiger partial charge in [0.1, 0.15) is 11.1 Å². The predicted molar refractivity (Wildman–Crippen MR) is 127 cm³/mol. The van der Waals surface area contributed by atoms with Gasteiger partial charge in [0.25, 0.3) is 0 Å². The topological polar surface area (TPSA) is 139 Å². The van der Waals surface area contributed by atoms with Crippen LogP contribution in [0.1, 0.15) is 49.8 Å². The van der Waals surface area contributed by atoms with Gasteiger partial charge in [0, 0.05) is 42.3 Å². The van der Waals surface area contributed by atoms with E-state index in [4.69, 9.17) is 10.5 Å². The van der Waals surface area contributed by atoms with Crippen molar-refractivity contribution in [1.29, 1.82) is 0 Å². The van der Waals surface area contributed by atoms with Gasteiger partial charge in [-0.3, -0.25) is 9.78 Å². The van der Waals surface area contributed by atoms with E-state index in [0.29, 0.717) is 43.1 Å². The maximum Gasteiger partial charge on any atom is 0.410 e. The maximum atomic E-state index is 12.6. The molecule has 0 bridgehead atoms. The Kier molecular flexibility index (Phi) is 6.23. The average Bonchev–Trinajstić information content (AvgIpc) is 3.30. The molecule has 2 amide bonds. The number of anilines is 1. The van der Waals surface area contributed by atoms with E-state index in [1.165, 1.54) is 0 Å². The first kappa shape index (κ1) is 23.2. The highest BCUT2D eigenvalue weighted by atomic mass is 16.6. The van der Waals surface area contributed by atoms with E-state index >= 15 is 0 Å². The minimum Gasteiger partial charge on any atom is -0.444 e. The molecule has 0 saturated carbocycles. The summed E-state index contributed by atoms with van der Waals surface area (Å²) < 4.78 is 5.55. The summed E-state index contributed by atoms with van der Waals surface area (Å²) in [4.78, 5) is 33.4. The van der Waals surface area contributed by atoms with E-state index in [-0.39, 0.29) is 6.09 Å². The fraction of sp³-hybridized carbons (Fsp3) is 0.375. The predicted octanol–water partition coefficient (Wildman–Crippen LogP) is 3.30. The summed E-state index contributed by atoms with van der Waals surface area (Å²) in [7, 11) is 0. The fourth-order valence-corrected chi connectivity index (χ4v) is 3.96. The van der Waals surface area contributed by atoms with Gasteiger partial charge in [-0.25, -0.2) is 4.79 Å². The average molecular weight is 464 g/mol. The zero-order chi connectivity index (χ0) is 24.3. The molecule has 2 aromatic heterocycles. The number of hydrogen-bond acceptors (Lipinski definition) is 7. The van der Waals surface area contributed by atoms with Crippen LogP contribution >= 0.6 is 0 Å². The van der Waals surface area contributed by atoms with Crippen LogP contribution in [-0.4, -0.2) is 55.8 Å². The van der Waals surface area contributed by atoms with Crippen molar-refractivity contribution in [2.75, 3.05) is 18.4 Å². The molecule has 0 unspecified atom stereocenters. The van der Waals surface area contributed by atoms with Crippen molar-refractivity contribution >= 4 is 17.7 Å². The summed E-state index contributed by atoms with van der Waals surface area (Å²) in [5, 5.41) is 12.3. The summed E-state index contributed by atoms with van der Waals surface area (Å²) in [5.74, 6) is 0.767. The third-order valence-corrected chi connectivity index (χ3v) is 5.69. The molecule has 10 heteroatoms. The molecule has 1 saturated heterocycles. The quantitative estimate of drug-likeness (QED) is 0.527. The minimum absolute atomic E-state index is 0.341. The van der Waals surface area contributed by atoms with E-state index in [0.717, 1.165) is 11.3 Å². The largest absolute Gasteiger partial charge is 0.444 e. The Morgan fingerprint density at radius 3 is 2.47 bits per heavy atom. The molecule has 1 aliphatic heterocycles. The van der Waals surface area contributed by atoms with Gasteiger partial charge in [-0.2, -0.15) is 0 Å². The maximum absolute atomic E-state index is 12.6. The molecule has 0 radical (unpaired) electrons. The number of nitrogens with two attached hydrogens (primary N) is 1. The van der Waals surface area contributed by atoms with Gasteiger partial charge in [0.2, 0.25) is 5.91 Å². The van der Waals surface area contributed by atoms with Crippen LogP contribution in [0.4, 0.5) is 10.5 Å². The number of primary amides is 1. The van der Waals surface area contributed by atoms with E-state index in [1.807, 2.05) is 39.0 Å². The van der Waals surface area contributed by atoms with E-state index < -0.39 is 17.0 Å². The fourth-order valence-electron chi connectivity index (χ4n) is 3.96. The normalized spacial score (nSPS) is 15.6. The molecule has 34 heavy (non-hydrogen) atoms. The van der Waals surface area contributed by atoms with Crippen molar-refractivity contribution in [3.8, 4) is 11.4 Å². The minimum atomic E-state index is -0.646. The number of aromatic amines is 1. The lowest BCUT2D eigenvalue weighted by Gasteiger charge is -2.41. The first-order valence-electron chi connectivity index (χ1n) is 11.1. The standard InChI is InChI=1S/C24H29N7O3/c1-23(2,3)34-22(33)31-13-9-24(10-14-31,28-18-6-4-5-17(15-18)19(25)32)21-27-20(29-30-21)16-7-11-26-12-8-16/h4-8,11-12,15,28H,9-10,13-14H2,1-3H3,(H2,25,32)(H,27,29,30). The van der Waals surface area contributed by atoms with E-state index in [9.17, 15) is 9.59 Å². The summed E-state index contributed by atoms with van der Waals surface area (Å²) in [5.41, 5.74) is 6.26. The number of carbonyl (C=O) groups is 2. The lowest BCUT2D eigenvalue weighted by Crippen LogP contribution is -2.50. The van der Waals surface area contributed by atoms with Crippen LogP contribution in [-0.2, 0) is 10.3 Å². The first-order chi connectivity index (χ1) is 16.2. The number of ether oxygens (including phenoxy) is 1. The Hall–Kier alpha value is -3.95. The number of aromatic nitrogens is 4. The smallest absolute Gasteiger partial charge is 0.410 e. The Balaban J connectivity index is 1.63. The lowest BCUT2D eigenvalue weighted by atomic mass is 9.86. The Morgan fingerprint density at radius 1 is 1.12 bits per heavy atom. The van der Waals surface area contributed by atoms with Gasteiger partial charge in [0.05, 0.1) is 0 Å². The number of amides is 2. The van der Waals surface area contributed by atoms with Crippen molar-refractivity contribution in [2.45, 2.75) is 44.8 Å². The molecule has 1 fully saturated rings. The van der Waals surface area contributed by atoms with Gasteiger partial charge in [0.15, 0.2) is 11.6 Å². The zero-order valence-electron chi connectivity index (χ0n) is 19.5. The number of piperidine rings is 1. The number of nitrogens with one attached hydrogen (secondary N) is 2. The second-order valence-electron chi connectivity index (χ2n) is 9.38. The van der Waals surface area contributed by atoms with Gasteiger partial charge < -0.3 is 25.7 Å². The first-order valence-corrected chi connectivity index (χ1v) is 11.1. The summed E-state index contributed by atoms with van der Waals surface area (Å²) >= 11 is 0. The van der Waals surface area contributed by atoms with Crippen LogP contribution in [0.3, 0.4) is 0 Å². The van der Waals surface area contributed by atoms with Crippen molar-refractivity contribution in [2.24, 2.45) is 5.73 Å². The second kappa shape index (κ2) is 9.12. The van der Waals surface area contributed by atoms with Gasteiger partial charge in [-0.1, -0.05) is 6.07 Å². The number of rotatable bonds is 5. The van der Waals surface area contributed by atoms with Gasteiger partial charge >= 0.3 is 6.09 Å². The van der Waals surface area contributed by atoms with Crippen molar-refractivity contribution in [3.05, 3.63) is 60.2 Å². The molecule has 10 nitrogen and oxygen atoms in total. The number of H-pyrrole nitrogens is 1. The van der Waals surface area contributed by atoms with E-state index in [2.05, 4.69) is 25.5 Å². The number of nitrogens with zero attached hydrogens (tertiary/aromatic N) is 4. The highest BCUT2D eigenvalue weighted by molar-refractivity contribution is 5.93. The molecular weight excluding hydrogens is 434 g/mol. The van der Waals surface area contributed by atoms with Crippen LogP contribution in [0.15, 0.2) is 48.8 Å². The molecule has 0 aliphatic carbocycles. The Labute approximate surface area is 197 Å². The highest BCUT2D eigenvalue weighted by Gasteiger charge is 2.41. The number of carbonyl (C=O) groups excluding carboxylic acids is 2. The summed E-state index contributed by atoms with van der Waals surface area (Å²) in [6.45, 7) is 6.47. The molecule has 4 rings (SSSR count). The third-order valence-electron chi connectivity index (χ3n) is 5.69. The highest BCUT2D eigenvalue weighted by Crippen LogP contribution is 2.36. The molecule has 178 valence electrons. The molecule has 0 atom stereocenters. The molecule has 0 spiro atoms. The number of likely N-dealkylation sites (tertiary alicyclic amines) is 1. The third kappa shape index (κ3) is 5.16. The summed E-state index contributed by atoms with van der Waals surface area (Å²) in [6, 6.07) is 10.7. The van der Waals surface area contributed by atoms with Gasteiger partial charge in [-0.15, -0.1) is 10.2 Å². The molecule has 3 heterocycles. The molecule has 4 N–H and O–H groups in total. The van der Waals surface area contributed by atoms with Crippen LogP contribution in [0.25, 0.3) is 11.4 Å². The second-order valence-corrected chi connectivity index (χ2v) is 9.38. The van der Waals surface area contributed by atoms with Crippen LogP contribution in [0.2, 0.25) is 0 Å². The van der Waals surface area contributed by atoms with E-state index in [1.54, 1.807) is 35.5 Å². The van der Waals surface area contributed by atoms with Crippen LogP contribution < -0.4 is 11.1 Å². The number of pyridine rings is 1. The SMILES string of the molecule is CC(C)(C)OC(=O)N1CCC(Nc2cccc(C(N)=O)c2)(c2nnc(-c3ccncc3)[nH]2)CC1. The number of hydrogen-bond donors (Lipinski definition) is 3. The number of benzene rings is 1. The van der Waals surface area contributed by atoms with Crippen LogP contribution in [0.5, 0.6) is 0 Å². The van der Waals surface area contributed by atoms with Crippen molar-refractivity contribution in [1.82, 2.24) is 25.1 Å². The monoisotopic (exact) mass is 463 g/mol. The Morgan fingerprint density at radius 2 is 1.82 bits per heavy atom. The lowest BCUT2D eigenvalue weighted by molar-refractivity contribution is 0.0172. The van der Waals surface area contributed by atoms with Crippen molar-refractivity contribution in [3.63, 3.8) is 0 Å². The molecule has 1 aromatic carbocycles. The summed E-state index contributed by atoms with van der Waals surface area (Å²) in [6.07, 6.45) is 4.16. The molecule has 1 aliphatic rings. The molecular formula is C24H29N7O3. The Bertz CT molecular complexity index is 1160. The van der Waals surface area contributed by atoms with Crippen LogP contribution in [0, 0.1) is 0 Å². The zero-order valence-corrected chi connectivity index (χ0v) is 19.5. The van der Waals surface area contributed by atoms with Crippen molar-refractivity contribution < 1.29 is 14.3 Å². The van der Waals surface area contributed by atoms with Gasteiger partial charge in [-0.05, 0) is 63.9 Å². The molecule has 3 aromatic rings.